The number of halogens is 5. The van der Waals surface area contributed by atoms with E-state index >= 15 is 0 Å². The number of alkyl halides is 3. The van der Waals surface area contributed by atoms with E-state index in [4.69, 9.17) is 17.3 Å². The van der Waals surface area contributed by atoms with Crippen molar-refractivity contribution in [1.29, 1.82) is 0 Å². The molecular weight excluding hydrogens is 312 g/mol. The van der Waals surface area contributed by atoms with Crippen molar-refractivity contribution in [1.82, 2.24) is 4.90 Å². The van der Waals surface area contributed by atoms with Crippen LogP contribution in [0, 0.1) is 5.82 Å². The smallest absolute Gasteiger partial charge is 0.326 e. The first-order valence-electron chi connectivity index (χ1n) is 6.28. The third-order valence-electron chi connectivity index (χ3n) is 3.42. The second-order valence-corrected chi connectivity index (χ2v) is 5.41. The number of likely N-dealkylation sites (tertiary alicyclic amines) is 1. The average molecular weight is 325 g/mol. The Morgan fingerprint density at radius 3 is 2.62 bits per heavy atom. The molecule has 1 aromatic carbocycles. The molecule has 1 heterocycles. The standard InChI is InChI=1S/C13H13ClF4N2O/c14-7-1-3-10(15)9(5-7)12(21)20-6-8(19)2-4-11(20)13(16,17)18/h1,3,5,8,11H,2,4,6,19H2. The molecule has 1 amide bonds. The van der Waals surface area contributed by atoms with Gasteiger partial charge in [-0.15, -0.1) is 0 Å². The van der Waals surface area contributed by atoms with Crippen LogP contribution in [0.4, 0.5) is 17.6 Å². The fourth-order valence-electron chi connectivity index (χ4n) is 2.38. The Bertz CT molecular complexity index is 549. The molecule has 2 atom stereocenters. The summed E-state index contributed by atoms with van der Waals surface area (Å²) in [7, 11) is 0. The van der Waals surface area contributed by atoms with Crippen LogP contribution in [-0.4, -0.2) is 35.6 Å². The molecule has 3 nitrogen and oxygen atoms in total. The number of carbonyl (C=O) groups is 1. The number of hydrogen-bond acceptors (Lipinski definition) is 2. The Balaban J connectivity index is 2.35. The summed E-state index contributed by atoms with van der Waals surface area (Å²) in [4.78, 5) is 12.8. The Morgan fingerprint density at radius 1 is 1.33 bits per heavy atom. The molecule has 1 fully saturated rings. The van der Waals surface area contributed by atoms with Crippen LogP contribution in [0.15, 0.2) is 18.2 Å². The Hall–Kier alpha value is -1.34. The van der Waals surface area contributed by atoms with Crippen LogP contribution in [0.3, 0.4) is 0 Å². The molecule has 2 N–H and O–H groups in total. The van der Waals surface area contributed by atoms with Gasteiger partial charge in [0.1, 0.15) is 11.9 Å². The Morgan fingerprint density at radius 2 is 2.00 bits per heavy atom. The second-order valence-electron chi connectivity index (χ2n) is 4.98. The molecule has 0 aromatic heterocycles. The molecule has 0 spiro atoms. The van der Waals surface area contributed by atoms with Crippen molar-refractivity contribution >= 4 is 17.5 Å². The van der Waals surface area contributed by atoms with E-state index in [-0.39, 0.29) is 24.4 Å². The number of hydrogen-bond donors (Lipinski definition) is 1. The quantitative estimate of drug-likeness (QED) is 0.807. The van der Waals surface area contributed by atoms with Crippen molar-refractivity contribution < 1.29 is 22.4 Å². The van der Waals surface area contributed by atoms with E-state index in [0.717, 1.165) is 12.1 Å². The molecule has 1 aromatic rings. The minimum Gasteiger partial charge on any atom is -0.326 e. The minimum absolute atomic E-state index is 0.0737. The lowest BCUT2D eigenvalue weighted by atomic mass is 9.97. The van der Waals surface area contributed by atoms with Crippen LogP contribution in [-0.2, 0) is 0 Å². The summed E-state index contributed by atoms with van der Waals surface area (Å²) in [6, 6.07) is 0.670. The predicted molar refractivity (Wildman–Crippen MR) is 69.5 cm³/mol. The number of rotatable bonds is 1. The van der Waals surface area contributed by atoms with Gasteiger partial charge >= 0.3 is 6.18 Å². The lowest BCUT2D eigenvalue weighted by Gasteiger charge is -2.39. The van der Waals surface area contributed by atoms with Gasteiger partial charge in [-0.1, -0.05) is 11.6 Å². The van der Waals surface area contributed by atoms with E-state index in [2.05, 4.69) is 0 Å². The highest BCUT2D eigenvalue weighted by atomic mass is 35.5. The van der Waals surface area contributed by atoms with Gasteiger partial charge in [0.2, 0.25) is 0 Å². The number of carbonyl (C=O) groups excluding carboxylic acids is 1. The van der Waals surface area contributed by atoms with E-state index in [1.54, 1.807) is 0 Å². The van der Waals surface area contributed by atoms with Crippen molar-refractivity contribution in [2.45, 2.75) is 31.1 Å². The van der Waals surface area contributed by atoms with Gasteiger partial charge < -0.3 is 10.6 Å². The highest BCUT2D eigenvalue weighted by Crippen LogP contribution is 2.33. The number of piperidine rings is 1. The third-order valence-corrected chi connectivity index (χ3v) is 3.65. The van der Waals surface area contributed by atoms with Crippen molar-refractivity contribution in [3.63, 3.8) is 0 Å². The number of nitrogens with two attached hydrogens (primary N) is 1. The maximum atomic E-state index is 13.7. The predicted octanol–water partition coefficient (Wildman–Crippen LogP) is 2.97. The lowest BCUT2D eigenvalue weighted by Crippen LogP contribution is -2.56. The monoisotopic (exact) mass is 324 g/mol. The van der Waals surface area contributed by atoms with E-state index in [9.17, 15) is 22.4 Å². The average Bonchev–Trinajstić information content (AvgIpc) is 2.39. The molecule has 1 aliphatic heterocycles. The van der Waals surface area contributed by atoms with Crippen LogP contribution in [0.5, 0.6) is 0 Å². The zero-order chi connectivity index (χ0) is 15.8. The zero-order valence-electron chi connectivity index (χ0n) is 10.8. The molecule has 0 saturated carbocycles. The molecule has 2 unspecified atom stereocenters. The number of benzene rings is 1. The SMILES string of the molecule is NC1CCC(C(F)(F)F)N(C(=O)c2cc(Cl)ccc2F)C1. The van der Waals surface area contributed by atoms with E-state index in [1.165, 1.54) is 6.07 Å². The molecule has 116 valence electrons. The first-order chi connectivity index (χ1) is 9.70. The molecule has 21 heavy (non-hydrogen) atoms. The van der Waals surface area contributed by atoms with E-state index < -0.39 is 35.5 Å². The van der Waals surface area contributed by atoms with Crippen molar-refractivity contribution in [2.75, 3.05) is 6.54 Å². The summed E-state index contributed by atoms with van der Waals surface area (Å²) < 4.78 is 52.7. The molecule has 0 radical (unpaired) electrons. The van der Waals surface area contributed by atoms with Gasteiger partial charge in [0, 0.05) is 17.6 Å². The summed E-state index contributed by atoms with van der Waals surface area (Å²) in [6.45, 7) is -0.269. The summed E-state index contributed by atoms with van der Waals surface area (Å²) >= 11 is 5.67. The second kappa shape index (κ2) is 5.81. The molecule has 2 rings (SSSR count). The van der Waals surface area contributed by atoms with Crippen molar-refractivity contribution in [3.8, 4) is 0 Å². The van der Waals surface area contributed by atoms with Crippen molar-refractivity contribution in [2.24, 2.45) is 5.73 Å². The molecule has 0 aliphatic carbocycles. The van der Waals surface area contributed by atoms with Crippen LogP contribution in [0.25, 0.3) is 0 Å². The molecule has 0 bridgehead atoms. The lowest BCUT2D eigenvalue weighted by molar-refractivity contribution is -0.184. The topological polar surface area (TPSA) is 46.3 Å². The fraction of sp³-hybridized carbons (Fsp3) is 0.462. The molecule has 1 saturated heterocycles. The highest BCUT2D eigenvalue weighted by molar-refractivity contribution is 6.31. The van der Waals surface area contributed by atoms with Gasteiger partial charge in [-0.05, 0) is 31.0 Å². The van der Waals surface area contributed by atoms with Crippen LogP contribution < -0.4 is 5.73 Å². The number of nitrogens with zero attached hydrogens (tertiary/aromatic N) is 1. The molecule has 8 heteroatoms. The van der Waals surface area contributed by atoms with Gasteiger partial charge in [0.25, 0.3) is 5.91 Å². The Labute approximate surface area is 123 Å². The van der Waals surface area contributed by atoms with Gasteiger partial charge in [-0.25, -0.2) is 4.39 Å². The van der Waals surface area contributed by atoms with Gasteiger partial charge in [0.05, 0.1) is 5.56 Å². The van der Waals surface area contributed by atoms with E-state index in [1.807, 2.05) is 0 Å². The maximum absolute atomic E-state index is 13.7. The first kappa shape index (κ1) is 16.0. The van der Waals surface area contributed by atoms with Crippen molar-refractivity contribution in [3.05, 3.63) is 34.6 Å². The zero-order valence-corrected chi connectivity index (χ0v) is 11.6. The summed E-state index contributed by atoms with van der Waals surface area (Å²) in [5, 5.41) is 0.0737. The van der Waals surface area contributed by atoms with Gasteiger partial charge in [-0.2, -0.15) is 13.2 Å². The summed E-state index contributed by atoms with van der Waals surface area (Å²) in [5.41, 5.74) is 5.15. The molecular formula is C13H13ClF4N2O. The normalized spacial score (nSPS) is 23.2. The largest absolute Gasteiger partial charge is 0.408 e. The summed E-state index contributed by atoms with van der Waals surface area (Å²) in [5.74, 6) is -1.96. The maximum Gasteiger partial charge on any atom is 0.408 e. The van der Waals surface area contributed by atoms with E-state index in [0.29, 0.717) is 4.90 Å². The summed E-state index contributed by atoms with van der Waals surface area (Å²) in [6.07, 6.45) is -4.71. The van der Waals surface area contributed by atoms with Gasteiger partial charge in [0.15, 0.2) is 0 Å². The van der Waals surface area contributed by atoms with Crippen LogP contribution in [0.1, 0.15) is 23.2 Å². The third kappa shape index (κ3) is 3.47. The first-order valence-corrected chi connectivity index (χ1v) is 6.66. The van der Waals surface area contributed by atoms with Gasteiger partial charge in [-0.3, -0.25) is 4.79 Å². The minimum atomic E-state index is -4.58. The van der Waals surface area contributed by atoms with Crippen LogP contribution in [0.2, 0.25) is 5.02 Å². The molecule has 1 aliphatic rings. The fourth-order valence-corrected chi connectivity index (χ4v) is 2.55. The van der Waals surface area contributed by atoms with Crippen LogP contribution >= 0.6 is 11.6 Å². The highest BCUT2D eigenvalue weighted by Gasteiger charge is 2.48. The number of amides is 1. The Kier molecular flexibility index (Phi) is 4.43.